The van der Waals surface area contributed by atoms with Crippen molar-refractivity contribution in [1.29, 1.82) is 0 Å². The van der Waals surface area contributed by atoms with Gasteiger partial charge in [0, 0.05) is 19.3 Å². The van der Waals surface area contributed by atoms with Crippen LogP contribution in [0.1, 0.15) is 24.6 Å². The third-order valence-electron chi connectivity index (χ3n) is 3.54. The van der Waals surface area contributed by atoms with Crippen LogP contribution in [0.5, 0.6) is 0 Å². The average molecular weight is 298 g/mol. The third-order valence-corrected chi connectivity index (χ3v) is 3.54. The summed E-state index contributed by atoms with van der Waals surface area (Å²) < 4.78 is 39.1. The van der Waals surface area contributed by atoms with E-state index in [0.29, 0.717) is 18.9 Å². The lowest BCUT2D eigenvalue weighted by Gasteiger charge is -2.32. The molecule has 112 valence electrons. The van der Waals surface area contributed by atoms with E-state index in [9.17, 15) is 13.2 Å². The smallest absolute Gasteiger partial charge is 0.355 e. The Morgan fingerprint density at radius 1 is 1.10 bits per heavy atom. The summed E-state index contributed by atoms with van der Waals surface area (Å²) in [5, 5.41) is 14.7. The highest BCUT2D eigenvalue weighted by Gasteiger charge is 2.33. The molecule has 6 nitrogen and oxygen atoms in total. The molecular weight excluding hydrogens is 285 g/mol. The number of anilines is 1. The molecule has 0 bridgehead atoms. The Morgan fingerprint density at radius 2 is 1.86 bits per heavy atom. The molecule has 0 amide bonds. The normalized spacial score (nSPS) is 17.2. The lowest BCUT2D eigenvalue weighted by Crippen LogP contribution is -2.35. The zero-order chi connectivity index (χ0) is 14.9. The summed E-state index contributed by atoms with van der Waals surface area (Å²) in [5.74, 6) is 0.472. The number of halogens is 3. The van der Waals surface area contributed by atoms with Crippen molar-refractivity contribution in [2.45, 2.75) is 25.1 Å². The van der Waals surface area contributed by atoms with Gasteiger partial charge in [-0.3, -0.25) is 0 Å². The molecule has 0 aliphatic carbocycles. The van der Waals surface area contributed by atoms with E-state index in [2.05, 4.69) is 20.5 Å². The van der Waals surface area contributed by atoms with Crippen LogP contribution in [0.2, 0.25) is 0 Å². The van der Waals surface area contributed by atoms with E-state index in [1.54, 1.807) is 6.20 Å². The third kappa shape index (κ3) is 2.96. The van der Waals surface area contributed by atoms with Crippen LogP contribution in [-0.2, 0) is 6.18 Å². The van der Waals surface area contributed by atoms with Crippen molar-refractivity contribution in [3.05, 3.63) is 30.2 Å². The van der Waals surface area contributed by atoms with E-state index in [0.717, 1.165) is 18.9 Å². The number of rotatable bonds is 2. The number of piperidine rings is 1. The second-order valence-corrected chi connectivity index (χ2v) is 4.88. The van der Waals surface area contributed by atoms with E-state index in [1.807, 2.05) is 15.8 Å². The number of alkyl halides is 3. The molecule has 1 aliphatic rings. The first kappa shape index (κ1) is 13.8. The van der Waals surface area contributed by atoms with E-state index < -0.39 is 11.9 Å². The zero-order valence-corrected chi connectivity index (χ0v) is 11.0. The summed E-state index contributed by atoms with van der Waals surface area (Å²) in [6.07, 6.45) is 0.676. The minimum atomic E-state index is -4.45. The van der Waals surface area contributed by atoms with Gasteiger partial charge in [-0.15, -0.1) is 15.3 Å². The first-order valence-corrected chi connectivity index (χ1v) is 6.56. The molecule has 1 saturated heterocycles. The minimum Gasteiger partial charge on any atom is -0.355 e. The predicted octanol–water partition coefficient (Wildman–Crippen LogP) is 1.93. The fraction of sp³-hybridized carbons (Fsp3) is 0.500. The maximum absolute atomic E-state index is 12.4. The highest BCUT2D eigenvalue weighted by molar-refractivity contribution is 5.38. The Hall–Kier alpha value is -2.19. The van der Waals surface area contributed by atoms with E-state index in [-0.39, 0.29) is 6.04 Å². The van der Waals surface area contributed by atoms with Crippen molar-refractivity contribution >= 4 is 5.82 Å². The molecule has 2 aromatic heterocycles. The minimum absolute atomic E-state index is 0.270. The Balaban J connectivity index is 1.64. The lowest BCUT2D eigenvalue weighted by molar-refractivity contribution is -0.141. The SMILES string of the molecule is FC(F)(F)c1ccc(N2CCC(n3ccnn3)CC2)nn1. The van der Waals surface area contributed by atoms with Crippen LogP contribution < -0.4 is 4.90 Å². The Morgan fingerprint density at radius 3 is 2.38 bits per heavy atom. The highest BCUT2D eigenvalue weighted by Crippen LogP contribution is 2.29. The molecule has 9 heteroatoms. The molecule has 1 aliphatic heterocycles. The Labute approximate surface area is 118 Å². The van der Waals surface area contributed by atoms with Gasteiger partial charge in [-0.05, 0) is 25.0 Å². The molecular formula is C12H13F3N6. The van der Waals surface area contributed by atoms with Gasteiger partial charge in [0.25, 0.3) is 0 Å². The van der Waals surface area contributed by atoms with Crippen LogP contribution >= 0.6 is 0 Å². The lowest BCUT2D eigenvalue weighted by atomic mass is 10.1. The molecule has 0 saturated carbocycles. The van der Waals surface area contributed by atoms with E-state index in [4.69, 9.17) is 0 Å². The summed E-state index contributed by atoms with van der Waals surface area (Å²) in [5.41, 5.74) is -0.969. The maximum Gasteiger partial charge on any atom is 0.435 e. The molecule has 3 heterocycles. The molecule has 0 spiro atoms. The van der Waals surface area contributed by atoms with E-state index in [1.165, 1.54) is 6.07 Å². The fourth-order valence-electron chi connectivity index (χ4n) is 2.42. The molecule has 3 rings (SSSR count). The van der Waals surface area contributed by atoms with Gasteiger partial charge in [-0.2, -0.15) is 13.2 Å². The Bertz CT molecular complexity index is 572. The zero-order valence-electron chi connectivity index (χ0n) is 11.0. The van der Waals surface area contributed by atoms with Crippen molar-refractivity contribution in [3.8, 4) is 0 Å². The number of aromatic nitrogens is 5. The van der Waals surface area contributed by atoms with Gasteiger partial charge in [-0.1, -0.05) is 5.21 Å². The molecule has 0 atom stereocenters. The van der Waals surface area contributed by atoms with Gasteiger partial charge >= 0.3 is 6.18 Å². The molecule has 0 unspecified atom stereocenters. The topological polar surface area (TPSA) is 59.7 Å². The number of hydrogen-bond acceptors (Lipinski definition) is 5. The highest BCUT2D eigenvalue weighted by atomic mass is 19.4. The first-order chi connectivity index (χ1) is 10.0. The van der Waals surface area contributed by atoms with Crippen molar-refractivity contribution in [2.75, 3.05) is 18.0 Å². The quantitative estimate of drug-likeness (QED) is 0.848. The molecule has 0 N–H and O–H groups in total. The van der Waals surface area contributed by atoms with Crippen molar-refractivity contribution in [1.82, 2.24) is 25.2 Å². The summed E-state index contributed by atoms with van der Waals surface area (Å²) in [4.78, 5) is 1.93. The summed E-state index contributed by atoms with van der Waals surface area (Å²) in [7, 11) is 0. The molecule has 0 aromatic carbocycles. The maximum atomic E-state index is 12.4. The van der Waals surface area contributed by atoms with Crippen LogP contribution in [-0.4, -0.2) is 38.3 Å². The van der Waals surface area contributed by atoms with Gasteiger partial charge < -0.3 is 4.90 Å². The fourth-order valence-corrected chi connectivity index (χ4v) is 2.42. The van der Waals surface area contributed by atoms with Gasteiger partial charge in [0.2, 0.25) is 0 Å². The van der Waals surface area contributed by atoms with Crippen LogP contribution in [0.4, 0.5) is 19.0 Å². The van der Waals surface area contributed by atoms with Gasteiger partial charge in [-0.25, -0.2) is 4.68 Å². The monoisotopic (exact) mass is 298 g/mol. The summed E-state index contributed by atoms with van der Waals surface area (Å²) >= 11 is 0. The summed E-state index contributed by atoms with van der Waals surface area (Å²) in [6.45, 7) is 1.40. The first-order valence-electron chi connectivity index (χ1n) is 6.56. The number of nitrogens with zero attached hydrogens (tertiary/aromatic N) is 6. The van der Waals surface area contributed by atoms with Crippen LogP contribution in [0, 0.1) is 0 Å². The van der Waals surface area contributed by atoms with Crippen LogP contribution in [0.15, 0.2) is 24.5 Å². The van der Waals surface area contributed by atoms with Gasteiger partial charge in [0.15, 0.2) is 11.5 Å². The van der Waals surface area contributed by atoms with Crippen LogP contribution in [0.25, 0.3) is 0 Å². The predicted molar refractivity (Wildman–Crippen MR) is 67.5 cm³/mol. The average Bonchev–Trinajstić information content (AvgIpc) is 3.01. The van der Waals surface area contributed by atoms with Crippen molar-refractivity contribution < 1.29 is 13.2 Å². The van der Waals surface area contributed by atoms with Gasteiger partial charge in [0.1, 0.15) is 0 Å². The van der Waals surface area contributed by atoms with E-state index >= 15 is 0 Å². The molecule has 2 aromatic rings. The van der Waals surface area contributed by atoms with Crippen LogP contribution in [0.3, 0.4) is 0 Å². The molecule has 21 heavy (non-hydrogen) atoms. The molecule has 0 radical (unpaired) electrons. The second-order valence-electron chi connectivity index (χ2n) is 4.88. The second kappa shape index (κ2) is 5.30. The summed E-state index contributed by atoms with van der Waals surface area (Å²) in [6, 6.07) is 2.60. The molecule has 1 fully saturated rings. The largest absolute Gasteiger partial charge is 0.435 e. The standard InChI is InChI=1S/C12H13F3N6/c13-12(14,15)10-1-2-11(18-17-10)20-6-3-9(4-7-20)21-8-5-16-19-21/h1-2,5,8-9H,3-4,6-7H2. The van der Waals surface area contributed by atoms with Crippen molar-refractivity contribution in [2.24, 2.45) is 0 Å². The Kier molecular flexibility index (Phi) is 3.48. The number of hydrogen-bond donors (Lipinski definition) is 0. The van der Waals surface area contributed by atoms with Gasteiger partial charge in [0.05, 0.1) is 12.2 Å². The van der Waals surface area contributed by atoms with Crippen molar-refractivity contribution in [3.63, 3.8) is 0 Å².